The monoisotopic (exact) mass is 449 g/mol. The molecule has 34 heavy (non-hydrogen) atoms. The van der Waals surface area contributed by atoms with Crippen LogP contribution in [0.1, 0.15) is 43.2 Å². The van der Waals surface area contributed by atoms with E-state index in [-0.39, 0.29) is 24.3 Å². The summed E-state index contributed by atoms with van der Waals surface area (Å²) in [6, 6.07) is 14.9. The Morgan fingerprint density at radius 3 is 2.44 bits per heavy atom. The van der Waals surface area contributed by atoms with Gasteiger partial charge in [-0.1, -0.05) is 18.2 Å². The van der Waals surface area contributed by atoms with E-state index in [1.54, 1.807) is 30.5 Å². The van der Waals surface area contributed by atoms with E-state index < -0.39 is 5.41 Å². The maximum Gasteiger partial charge on any atom is 0.261 e. The van der Waals surface area contributed by atoms with Crippen LogP contribution in [-0.4, -0.2) is 44.1 Å². The van der Waals surface area contributed by atoms with Gasteiger partial charge in [0.25, 0.3) is 11.8 Å². The number of benzene rings is 2. The summed E-state index contributed by atoms with van der Waals surface area (Å²) in [6.45, 7) is 0.263. The molecule has 2 aromatic heterocycles. The van der Waals surface area contributed by atoms with E-state index in [2.05, 4.69) is 21.4 Å². The molecule has 1 atom stereocenters. The predicted octanol–water partition coefficient (Wildman–Crippen LogP) is 2.79. The first-order chi connectivity index (χ1) is 16.5. The van der Waals surface area contributed by atoms with Crippen LogP contribution in [0, 0.1) is 0 Å². The molecular weight excluding hydrogens is 430 g/mol. The van der Waals surface area contributed by atoms with Crippen LogP contribution >= 0.6 is 0 Å². The highest BCUT2D eigenvalue weighted by Crippen LogP contribution is 2.47. The lowest BCUT2D eigenvalue weighted by atomic mass is 9.79. The largest absolute Gasteiger partial charge is 0.342 e. The Kier molecular flexibility index (Phi) is 3.72. The Hall–Kier alpha value is -4.33. The van der Waals surface area contributed by atoms with Crippen molar-refractivity contribution in [1.82, 2.24) is 19.9 Å². The molecule has 166 valence electrons. The van der Waals surface area contributed by atoms with E-state index in [4.69, 9.17) is 4.98 Å². The molecule has 1 spiro atoms. The standard InChI is InChI=1S/C26H19N5O3/c32-23-16-4-1-2-5-17(16)24(33)31(23)9-7-21-28-19-10-14-12-26(13-15(14)11-20(19)29-21)18-6-3-8-27-22(18)30-25(26)34/h1-6,8,10-11H,7,9,12-13H2,(H,28,29)(H,27,30,34). The number of nitrogens with one attached hydrogen (secondary N) is 2. The maximum atomic E-state index is 12.9. The van der Waals surface area contributed by atoms with Gasteiger partial charge in [-0.3, -0.25) is 19.3 Å². The van der Waals surface area contributed by atoms with Crippen molar-refractivity contribution in [3.63, 3.8) is 0 Å². The van der Waals surface area contributed by atoms with Gasteiger partial charge in [-0.15, -0.1) is 0 Å². The third-order valence-electron chi connectivity index (χ3n) is 7.28. The Balaban J connectivity index is 1.14. The molecule has 2 aromatic carbocycles. The van der Waals surface area contributed by atoms with Crippen molar-refractivity contribution in [3.05, 3.63) is 88.4 Å². The topological polar surface area (TPSA) is 108 Å². The van der Waals surface area contributed by atoms with Crippen molar-refractivity contribution >= 4 is 34.6 Å². The highest BCUT2D eigenvalue weighted by molar-refractivity contribution is 6.21. The normalized spacial score (nSPS) is 17.4. The Labute approximate surface area is 194 Å². The zero-order valence-electron chi connectivity index (χ0n) is 18.1. The summed E-state index contributed by atoms with van der Waals surface area (Å²) in [5, 5.41) is 2.93. The molecule has 4 aromatic rings. The zero-order chi connectivity index (χ0) is 23.0. The first-order valence-corrected chi connectivity index (χ1v) is 11.3. The van der Waals surface area contributed by atoms with E-state index in [9.17, 15) is 14.4 Å². The molecule has 2 N–H and O–H groups in total. The SMILES string of the molecule is O=C1c2ccccc2C(=O)N1CCc1nc2cc3c(cc2[nH]1)CC1(C3)C(=O)Nc2ncccc21. The van der Waals surface area contributed by atoms with Gasteiger partial charge in [-0.05, 0) is 54.3 Å². The second-order valence-electron chi connectivity index (χ2n) is 9.17. The lowest BCUT2D eigenvalue weighted by Crippen LogP contribution is -2.35. The zero-order valence-corrected chi connectivity index (χ0v) is 18.1. The Morgan fingerprint density at radius 2 is 1.68 bits per heavy atom. The molecule has 0 fully saturated rings. The number of carbonyl (C=O) groups is 3. The average molecular weight is 449 g/mol. The molecule has 0 radical (unpaired) electrons. The van der Waals surface area contributed by atoms with E-state index >= 15 is 0 Å². The number of carbonyl (C=O) groups excluding carboxylic acids is 3. The van der Waals surface area contributed by atoms with Crippen LogP contribution in [0.4, 0.5) is 5.82 Å². The lowest BCUT2D eigenvalue weighted by molar-refractivity contribution is -0.120. The van der Waals surface area contributed by atoms with Crippen molar-refractivity contribution in [2.45, 2.75) is 24.7 Å². The van der Waals surface area contributed by atoms with Crippen LogP contribution in [0.5, 0.6) is 0 Å². The van der Waals surface area contributed by atoms with E-state index in [1.165, 1.54) is 4.90 Å². The molecule has 8 heteroatoms. The summed E-state index contributed by atoms with van der Waals surface area (Å²) in [6.07, 6.45) is 3.36. The summed E-state index contributed by atoms with van der Waals surface area (Å²) < 4.78 is 0. The third kappa shape index (κ3) is 2.50. The van der Waals surface area contributed by atoms with Gasteiger partial charge in [-0.2, -0.15) is 0 Å². The Morgan fingerprint density at radius 1 is 0.941 bits per heavy atom. The summed E-state index contributed by atoms with van der Waals surface area (Å²) in [5.41, 5.74) is 5.18. The minimum atomic E-state index is -0.612. The molecule has 3 aliphatic rings. The van der Waals surface area contributed by atoms with Crippen LogP contribution in [0.15, 0.2) is 54.7 Å². The van der Waals surface area contributed by atoms with Gasteiger partial charge in [0, 0.05) is 24.7 Å². The number of aromatic nitrogens is 3. The first-order valence-electron chi connectivity index (χ1n) is 11.3. The summed E-state index contributed by atoms with van der Waals surface area (Å²) in [5.74, 6) is 0.851. The fourth-order valence-electron chi connectivity index (χ4n) is 5.61. The Bertz CT molecular complexity index is 1490. The van der Waals surface area contributed by atoms with Gasteiger partial charge in [0.15, 0.2) is 0 Å². The molecule has 1 unspecified atom stereocenters. The summed E-state index contributed by atoms with van der Waals surface area (Å²) in [7, 11) is 0. The van der Waals surface area contributed by atoms with E-state index in [1.807, 2.05) is 18.2 Å². The lowest BCUT2D eigenvalue weighted by Gasteiger charge is -2.20. The number of rotatable bonds is 3. The molecule has 2 aliphatic heterocycles. The van der Waals surface area contributed by atoms with Gasteiger partial charge in [-0.25, -0.2) is 9.97 Å². The first kappa shape index (κ1) is 19.2. The number of hydrogen-bond acceptors (Lipinski definition) is 5. The van der Waals surface area contributed by atoms with Crippen LogP contribution in [-0.2, 0) is 29.5 Å². The van der Waals surface area contributed by atoms with Crippen molar-refractivity contribution in [2.24, 2.45) is 0 Å². The third-order valence-corrected chi connectivity index (χ3v) is 7.28. The molecule has 8 nitrogen and oxygen atoms in total. The van der Waals surface area contributed by atoms with Gasteiger partial charge in [0.1, 0.15) is 11.6 Å². The number of anilines is 1. The minimum Gasteiger partial charge on any atom is -0.342 e. The minimum absolute atomic E-state index is 0.00403. The fraction of sp³-hybridized carbons (Fsp3) is 0.192. The average Bonchev–Trinajstić information content (AvgIpc) is 3.55. The number of nitrogens with zero attached hydrogens (tertiary/aromatic N) is 3. The quantitative estimate of drug-likeness (QED) is 0.468. The number of fused-ring (bicyclic) bond motifs is 5. The maximum absolute atomic E-state index is 12.9. The molecule has 7 rings (SSSR count). The fourth-order valence-corrected chi connectivity index (χ4v) is 5.61. The number of pyridine rings is 1. The molecule has 1 aliphatic carbocycles. The predicted molar refractivity (Wildman–Crippen MR) is 124 cm³/mol. The molecule has 3 amide bonds. The number of imidazole rings is 1. The van der Waals surface area contributed by atoms with Crippen LogP contribution < -0.4 is 5.32 Å². The van der Waals surface area contributed by atoms with E-state index in [0.29, 0.717) is 36.2 Å². The highest BCUT2D eigenvalue weighted by atomic mass is 16.2. The summed E-state index contributed by atoms with van der Waals surface area (Å²) >= 11 is 0. The summed E-state index contributed by atoms with van der Waals surface area (Å²) in [4.78, 5) is 51.8. The van der Waals surface area contributed by atoms with Gasteiger partial charge >= 0.3 is 0 Å². The highest BCUT2D eigenvalue weighted by Gasteiger charge is 2.51. The molecule has 0 bridgehead atoms. The molecule has 0 saturated heterocycles. The van der Waals surface area contributed by atoms with Crippen molar-refractivity contribution in [2.75, 3.05) is 11.9 Å². The van der Waals surface area contributed by atoms with Crippen molar-refractivity contribution in [3.8, 4) is 0 Å². The molecule has 4 heterocycles. The van der Waals surface area contributed by atoms with Gasteiger partial charge < -0.3 is 10.3 Å². The molecule has 0 saturated carbocycles. The second-order valence-corrected chi connectivity index (χ2v) is 9.17. The van der Waals surface area contributed by atoms with Crippen LogP contribution in [0.25, 0.3) is 11.0 Å². The van der Waals surface area contributed by atoms with Gasteiger partial charge in [0.05, 0.1) is 27.6 Å². The molecular formula is C26H19N5O3. The number of aromatic amines is 1. The smallest absolute Gasteiger partial charge is 0.261 e. The van der Waals surface area contributed by atoms with Crippen LogP contribution in [0.2, 0.25) is 0 Å². The van der Waals surface area contributed by atoms with Crippen molar-refractivity contribution in [1.29, 1.82) is 0 Å². The van der Waals surface area contributed by atoms with Crippen LogP contribution in [0.3, 0.4) is 0 Å². The number of amides is 3. The number of H-pyrrole nitrogens is 1. The second kappa shape index (κ2) is 6.60. The van der Waals surface area contributed by atoms with Gasteiger partial charge in [0.2, 0.25) is 5.91 Å². The van der Waals surface area contributed by atoms with E-state index in [0.717, 1.165) is 33.5 Å². The number of hydrogen-bond donors (Lipinski definition) is 2. The van der Waals surface area contributed by atoms with Crippen molar-refractivity contribution < 1.29 is 14.4 Å². The number of imide groups is 1.